The molecule has 2 aromatic heterocycles. The van der Waals surface area contributed by atoms with Crippen molar-refractivity contribution >= 4 is 21.4 Å². The SMILES string of the molecule is O=S(=O)(Cc1ccccc1)N1CC[NH+](Cc2cc(-c3cccs3)on2)CC1. The molecule has 3 heterocycles. The molecule has 0 unspecified atom stereocenters. The Hall–Kier alpha value is -2.00. The van der Waals surface area contributed by atoms with E-state index in [1.54, 1.807) is 15.6 Å². The minimum Gasteiger partial charge on any atom is -0.355 e. The Morgan fingerprint density at radius 1 is 1.11 bits per heavy atom. The number of quaternary nitrogens is 1. The molecule has 0 amide bonds. The van der Waals surface area contributed by atoms with Gasteiger partial charge in [-0.25, -0.2) is 8.42 Å². The van der Waals surface area contributed by atoms with Crippen LogP contribution in [0.1, 0.15) is 11.3 Å². The molecule has 142 valence electrons. The van der Waals surface area contributed by atoms with Crippen molar-refractivity contribution in [1.82, 2.24) is 9.46 Å². The lowest BCUT2D eigenvalue weighted by molar-refractivity contribution is -0.917. The summed E-state index contributed by atoms with van der Waals surface area (Å²) in [6.45, 7) is 3.38. The molecule has 0 saturated carbocycles. The van der Waals surface area contributed by atoms with Gasteiger partial charge in [-0.05, 0) is 17.0 Å². The zero-order valence-electron chi connectivity index (χ0n) is 14.9. The third-order valence-electron chi connectivity index (χ3n) is 4.77. The highest BCUT2D eigenvalue weighted by atomic mass is 32.2. The van der Waals surface area contributed by atoms with E-state index >= 15 is 0 Å². The summed E-state index contributed by atoms with van der Waals surface area (Å²) in [5.41, 5.74) is 1.74. The summed E-state index contributed by atoms with van der Waals surface area (Å²) in [4.78, 5) is 2.40. The van der Waals surface area contributed by atoms with Gasteiger partial charge in [0.05, 0.1) is 36.8 Å². The monoisotopic (exact) mass is 404 g/mol. The molecule has 1 fully saturated rings. The molecule has 0 aliphatic carbocycles. The molecular weight excluding hydrogens is 382 g/mol. The Morgan fingerprint density at radius 2 is 1.89 bits per heavy atom. The molecule has 0 atom stereocenters. The number of sulfonamides is 1. The maximum Gasteiger partial charge on any atom is 0.218 e. The maximum absolute atomic E-state index is 12.6. The largest absolute Gasteiger partial charge is 0.355 e. The van der Waals surface area contributed by atoms with Gasteiger partial charge in [-0.15, -0.1) is 11.3 Å². The van der Waals surface area contributed by atoms with Crippen LogP contribution in [0.5, 0.6) is 0 Å². The second-order valence-corrected chi connectivity index (χ2v) is 9.64. The highest BCUT2D eigenvalue weighted by Crippen LogP contribution is 2.24. The van der Waals surface area contributed by atoms with E-state index in [1.807, 2.05) is 53.9 Å². The van der Waals surface area contributed by atoms with E-state index in [4.69, 9.17) is 4.52 Å². The number of hydrogen-bond donors (Lipinski definition) is 1. The number of thiophene rings is 1. The van der Waals surface area contributed by atoms with Crippen molar-refractivity contribution in [1.29, 1.82) is 0 Å². The Labute approximate surface area is 163 Å². The molecule has 1 aliphatic heterocycles. The smallest absolute Gasteiger partial charge is 0.218 e. The van der Waals surface area contributed by atoms with Gasteiger partial charge >= 0.3 is 0 Å². The summed E-state index contributed by atoms with van der Waals surface area (Å²) in [6.07, 6.45) is 0. The van der Waals surface area contributed by atoms with Crippen molar-refractivity contribution in [3.05, 3.63) is 65.2 Å². The molecule has 8 heteroatoms. The first-order chi connectivity index (χ1) is 13.1. The molecule has 1 aliphatic rings. The third-order valence-corrected chi connectivity index (χ3v) is 7.50. The topological polar surface area (TPSA) is 67.8 Å². The van der Waals surface area contributed by atoms with Crippen molar-refractivity contribution < 1.29 is 17.8 Å². The fourth-order valence-electron chi connectivity index (χ4n) is 3.32. The van der Waals surface area contributed by atoms with Gasteiger partial charge in [-0.2, -0.15) is 4.31 Å². The van der Waals surface area contributed by atoms with Crippen LogP contribution in [0.2, 0.25) is 0 Å². The lowest BCUT2D eigenvalue weighted by Gasteiger charge is -2.31. The van der Waals surface area contributed by atoms with Gasteiger partial charge in [0.25, 0.3) is 0 Å². The van der Waals surface area contributed by atoms with Gasteiger partial charge in [-0.1, -0.05) is 41.6 Å². The van der Waals surface area contributed by atoms with Crippen LogP contribution in [0.4, 0.5) is 0 Å². The second kappa shape index (κ2) is 7.93. The Morgan fingerprint density at radius 3 is 2.59 bits per heavy atom. The van der Waals surface area contributed by atoms with E-state index in [2.05, 4.69) is 5.16 Å². The third kappa shape index (κ3) is 4.47. The predicted octanol–water partition coefficient (Wildman–Crippen LogP) is 1.63. The number of nitrogens with one attached hydrogen (secondary N) is 1. The quantitative estimate of drug-likeness (QED) is 0.678. The average Bonchev–Trinajstić information content (AvgIpc) is 3.34. The van der Waals surface area contributed by atoms with Gasteiger partial charge in [0, 0.05) is 6.07 Å². The van der Waals surface area contributed by atoms with E-state index in [1.165, 1.54) is 4.90 Å². The van der Waals surface area contributed by atoms with Crippen LogP contribution < -0.4 is 4.90 Å². The van der Waals surface area contributed by atoms with Crippen LogP contribution >= 0.6 is 11.3 Å². The number of piperazine rings is 1. The first-order valence-corrected chi connectivity index (χ1v) is 11.4. The van der Waals surface area contributed by atoms with Crippen LogP contribution in [-0.4, -0.2) is 44.1 Å². The van der Waals surface area contributed by atoms with E-state index in [0.717, 1.165) is 41.5 Å². The van der Waals surface area contributed by atoms with Gasteiger partial charge in [0.2, 0.25) is 10.0 Å². The normalized spacial score (nSPS) is 16.6. The standard InChI is InChI=1S/C19H21N3O3S2/c23-27(24,15-16-5-2-1-3-6-16)22-10-8-21(9-11-22)14-17-13-18(25-20-17)19-7-4-12-26-19/h1-7,12-13H,8-11,14-15H2/p+1. The van der Waals surface area contributed by atoms with E-state index < -0.39 is 10.0 Å². The molecule has 1 N–H and O–H groups in total. The first-order valence-electron chi connectivity index (χ1n) is 8.95. The molecule has 0 bridgehead atoms. The number of hydrogen-bond acceptors (Lipinski definition) is 5. The molecule has 6 nitrogen and oxygen atoms in total. The van der Waals surface area contributed by atoms with Crippen molar-refractivity contribution in [2.45, 2.75) is 12.3 Å². The fourth-order valence-corrected chi connectivity index (χ4v) is 5.53. The van der Waals surface area contributed by atoms with Crippen molar-refractivity contribution in [3.63, 3.8) is 0 Å². The molecule has 1 saturated heterocycles. The Balaban J connectivity index is 1.32. The number of benzene rings is 1. The summed E-state index contributed by atoms with van der Waals surface area (Å²) >= 11 is 1.63. The molecule has 0 radical (unpaired) electrons. The minimum atomic E-state index is -3.27. The van der Waals surface area contributed by atoms with Crippen molar-refractivity contribution in [2.24, 2.45) is 0 Å². The molecule has 1 aromatic carbocycles. The molecule has 4 rings (SSSR count). The van der Waals surface area contributed by atoms with Crippen LogP contribution in [0, 0.1) is 0 Å². The van der Waals surface area contributed by atoms with E-state index in [-0.39, 0.29) is 5.75 Å². The summed E-state index contributed by atoms with van der Waals surface area (Å²) in [5, 5.41) is 6.18. The van der Waals surface area contributed by atoms with Gasteiger partial charge in [0.1, 0.15) is 12.2 Å². The van der Waals surface area contributed by atoms with Crippen LogP contribution in [-0.2, 0) is 22.3 Å². The van der Waals surface area contributed by atoms with Crippen LogP contribution in [0.15, 0.2) is 58.4 Å². The number of nitrogens with zero attached hydrogens (tertiary/aromatic N) is 2. The van der Waals surface area contributed by atoms with E-state index in [9.17, 15) is 8.42 Å². The highest BCUT2D eigenvalue weighted by molar-refractivity contribution is 7.88. The summed E-state index contributed by atoms with van der Waals surface area (Å²) in [5.74, 6) is 0.861. The summed E-state index contributed by atoms with van der Waals surface area (Å²) < 4.78 is 32.3. The summed E-state index contributed by atoms with van der Waals surface area (Å²) in [6, 6.07) is 15.3. The second-order valence-electron chi connectivity index (χ2n) is 6.73. The number of aromatic nitrogens is 1. The lowest BCUT2D eigenvalue weighted by Crippen LogP contribution is -3.13. The molecule has 0 spiro atoms. The zero-order valence-corrected chi connectivity index (χ0v) is 16.5. The van der Waals surface area contributed by atoms with Crippen molar-refractivity contribution in [3.8, 4) is 10.6 Å². The fraction of sp³-hybridized carbons (Fsp3) is 0.316. The average molecular weight is 405 g/mol. The Kier molecular flexibility index (Phi) is 5.40. The van der Waals surface area contributed by atoms with Gasteiger partial charge < -0.3 is 9.42 Å². The summed E-state index contributed by atoms with van der Waals surface area (Å²) in [7, 11) is -3.27. The van der Waals surface area contributed by atoms with Crippen LogP contribution in [0.25, 0.3) is 10.6 Å². The van der Waals surface area contributed by atoms with Gasteiger partial charge in [-0.3, -0.25) is 0 Å². The minimum absolute atomic E-state index is 0.0661. The number of rotatable bonds is 6. The van der Waals surface area contributed by atoms with Crippen molar-refractivity contribution in [2.75, 3.05) is 26.2 Å². The lowest BCUT2D eigenvalue weighted by atomic mass is 10.2. The molecular formula is C19H22N3O3S2+. The van der Waals surface area contributed by atoms with E-state index in [0.29, 0.717) is 13.1 Å². The Bertz CT molecular complexity index is 961. The first kappa shape index (κ1) is 18.4. The predicted molar refractivity (Wildman–Crippen MR) is 105 cm³/mol. The molecule has 3 aromatic rings. The molecule has 27 heavy (non-hydrogen) atoms. The van der Waals surface area contributed by atoms with Gasteiger partial charge in [0.15, 0.2) is 5.76 Å². The highest BCUT2D eigenvalue weighted by Gasteiger charge is 2.29. The van der Waals surface area contributed by atoms with Crippen LogP contribution in [0.3, 0.4) is 0 Å². The zero-order chi connectivity index (χ0) is 18.7. The maximum atomic E-state index is 12.6.